The molecule has 1 aromatic carbocycles. The van der Waals surface area contributed by atoms with E-state index in [1.165, 1.54) is 13.2 Å². The van der Waals surface area contributed by atoms with Gasteiger partial charge in [0.05, 0.1) is 13.5 Å². The molecule has 0 radical (unpaired) electrons. The Morgan fingerprint density at radius 2 is 2.27 bits per heavy atom. The Labute approximate surface area is 100 Å². The van der Waals surface area contributed by atoms with Crippen LogP contribution in [-0.2, 0) is 16.0 Å². The molecule has 15 heavy (non-hydrogen) atoms. The van der Waals surface area contributed by atoms with Crippen molar-refractivity contribution < 1.29 is 14.3 Å². The van der Waals surface area contributed by atoms with Crippen LogP contribution in [0.3, 0.4) is 0 Å². The van der Waals surface area contributed by atoms with Gasteiger partial charge in [-0.15, -0.1) is 0 Å². The van der Waals surface area contributed by atoms with Crippen molar-refractivity contribution in [1.29, 1.82) is 0 Å². The number of carbonyl (C=O) groups is 2. The molecule has 1 rings (SSSR count). The van der Waals surface area contributed by atoms with Crippen molar-refractivity contribution in [1.82, 2.24) is 0 Å². The summed E-state index contributed by atoms with van der Waals surface area (Å²) < 4.78 is 5.16. The molecular formula is C10H8BrClO3. The third-order valence-corrected chi connectivity index (χ3v) is 2.80. The highest BCUT2D eigenvalue weighted by Crippen LogP contribution is 2.25. The summed E-state index contributed by atoms with van der Waals surface area (Å²) in [6.07, 6.45) is 0.706. The van der Waals surface area contributed by atoms with Gasteiger partial charge >= 0.3 is 5.97 Å². The predicted octanol–water partition coefficient (Wildman–Crippen LogP) is 2.63. The summed E-state index contributed by atoms with van der Waals surface area (Å²) in [5.41, 5.74) is 0.973. The third-order valence-electron chi connectivity index (χ3n) is 1.87. The standard InChI is InChI=1S/C10H8BrClO3/c1-15-10(14)4-8-6(5-13)2-7(12)3-9(8)11/h2-3,5H,4H2,1H3. The molecule has 0 N–H and O–H groups in total. The zero-order chi connectivity index (χ0) is 11.4. The fourth-order valence-corrected chi connectivity index (χ4v) is 2.11. The smallest absolute Gasteiger partial charge is 0.310 e. The second kappa shape index (κ2) is 5.28. The van der Waals surface area contributed by atoms with Gasteiger partial charge in [-0.05, 0) is 17.7 Å². The van der Waals surface area contributed by atoms with Crippen molar-refractivity contribution in [3.05, 3.63) is 32.8 Å². The van der Waals surface area contributed by atoms with Crippen molar-refractivity contribution in [3.63, 3.8) is 0 Å². The molecule has 0 atom stereocenters. The molecule has 0 saturated heterocycles. The molecule has 0 aliphatic rings. The maximum absolute atomic E-state index is 11.1. The molecule has 0 bridgehead atoms. The van der Waals surface area contributed by atoms with Crippen molar-refractivity contribution in [3.8, 4) is 0 Å². The van der Waals surface area contributed by atoms with Crippen LogP contribution >= 0.6 is 27.5 Å². The lowest BCUT2D eigenvalue weighted by atomic mass is 10.1. The lowest BCUT2D eigenvalue weighted by Gasteiger charge is -2.07. The fraction of sp³-hybridized carbons (Fsp3) is 0.200. The summed E-state index contributed by atoms with van der Waals surface area (Å²) in [5, 5.41) is 0.442. The molecule has 0 aliphatic carbocycles. The molecule has 0 aliphatic heterocycles. The summed E-state index contributed by atoms with van der Waals surface area (Å²) in [4.78, 5) is 21.9. The van der Waals surface area contributed by atoms with Crippen molar-refractivity contribution in [2.75, 3.05) is 7.11 Å². The minimum Gasteiger partial charge on any atom is -0.469 e. The minimum absolute atomic E-state index is 0.0440. The Morgan fingerprint density at radius 3 is 2.80 bits per heavy atom. The monoisotopic (exact) mass is 290 g/mol. The summed E-state index contributed by atoms with van der Waals surface area (Å²) in [7, 11) is 1.30. The molecule has 5 heteroatoms. The third kappa shape index (κ3) is 3.04. The van der Waals surface area contributed by atoms with E-state index in [-0.39, 0.29) is 6.42 Å². The molecular weight excluding hydrogens is 283 g/mol. The summed E-state index contributed by atoms with van der Waals surface area (Å²) >= 11 is 9.01. The van der Waals surface area contributed by atoms with Gasteiger partial charge in [0, 0.05) is 15.1 Å². The molecule has 0 spiro atoms. The average Bonchev–Trinajstić information content (AvgIpc) is 2.21. The molecule has 0 saturated carbocycles. The van der Waals surface area contributed by atoms with Crippen LogP contribution in [0.5, 0.6) is 0 Å². The van der Waals surface area contributed by atoms with Gasteiger partial charge in [0.1, 0.15) is 6.29 Å². The Hall–Kier alpha value is -0.870. The molecule has 0 aromatic heterocycles. The normalized spacial score (nSPS) is 9.80. The van der Waals surface area contributed by atoms with E-state index >= 15 is 0 Å². The van der Waals surface area contributed by atoms with E-state index in [1.54, 1.807) is 6.07 Å². The van der Waals surface area contributed by atoms with Gasteiger partial charge in [-0.25, -0.2) is 0 Å². The van der Waals surface area contributed by atoms with Gasteiger partial charge in [-0.1, -0.05) is 27.5 Å². The highest BCUT2D eigenvalue weighted by atomic mass is 79.9. The van der Waals surface area contributed by atoms with Gasteiger partial charge in [0.2, 0.25) is 0 Å². The van der Waals surface area contributed by atoms with Gasteiger partial charge < -0.3 is 4.74 Å². The molecule has 0 heterocycles. The second-order valence-electron chi connectivity index (χ2n) is 2.83. The van der Waals surface area contributed by atoms with Crippen LogP contribution in [-0.4, -0.2) is 19.4 Å². The Bertz CT molecular complexity index is 404. The molecule has 3 nitrogen and oxygen atoms in total. The second-order valence-corrected chi connectivity index (χ2v) is 4.12. The van der Waals surface area contributed by atoms with Crippen LogP contribution in [0.25, 0.3) is 0 Å². The van der Waals surface area contributed by atoms with Crippen LogP contribution in [0, 0.1) is 0 Å². The number of rotatable bonds is 3. The maximum atomic E-state index is 11.1. The first-order valence-electron chi connectivity index (χ1n) is 4.08. The highest BCUT2D eigenvalue weighted by molar-refractivity contribution is 9.10. The number of aldehydes is 1. The number of hydrogen-bond donors (Lipinski definition) is 0. The van der Waals surface area contributed by atoms with E-state index in [1.807, 2.05) is 0 Å². The van der Waals surface area contributed by atoms with Crippen LogP contribution in [0.15, 0.2) is 16.6 Å². The molecule has 1 aromatic rings. The number of hydrogen-bond acceptors (Lipinski definition) is 3. The van der Waals surface area contributed by atoms with E-state index in [4.69, 9.17) is 11.6 Å². The Kier molecular flexibility index (Phi) is 4.29. The Morgan fingerprint density at radius 1 is 1.60 bits per heavy atom. The van der Waals surface area contributed by atoms with Gasteiger partial charge in [0.25, 0.3) is 0 Å². The highest BCUT2D eigenvalue weighted by Gasteiger charge is 2.12. The number of ether oxygens (including phenoxy) is 1. The first-order chi connectivity index (χ1) is 7.08. The van der Waals surface area contributed by atoms with Crippen LogP contribution in [0.2, 0.25) is 5.02 Å². The molecule has 0 unspecified atom stereocenters. The summed E-state index contributed by atoms with van der Waals surface area (Å²) in [6, 6.07) is 3.14. The fourth-order valence-electron chi connectivity index (χ4n) is 1.13. The SMILES string of the molecule is COC(=O)Cc1c(Br)cc(Cl)cc1C=O. The number of halogens is 2. The number of benzene rings is 1. The largest absolute Gasteiger partial charge is 0.469 e. The number of carbonyl (C=O) groups excluding carboxylic acids is 2. The van der Waals surface area contributed by atoms with Gasteiger partial charge in [0.15, 0.2) is 0 Å². The topological polar surface area (TPSA) is 43.4 Å². The van der Waals surface area contributed by atoms with E-state index in [0.29, 0.717) is 26.9 Å². The first-order valence-corrected chi connectivity index (χ1v) is 5.25. The summed E-state index contributed by atoms with van der Waals surface area (Å²) in [5.74, 6) is -0.402. The lowest BCUT2D eigenvalue weighted by Crippen LogP contribution is -2.07. The van der Waals surface area contributed by atoms with Crippen molar-refractivity contribution in [2.24, 2.45) is 0 Å². The van der Waals surface area contributed by atoms with E-state index in [2.05, 4.69) is 20.7 Å². The van der Waals surface area contributed by atoms with Crippen LogP contribution < -0.4 is 0 Å². The zero-order valence-electron chi connectivity index (χ0n) is 7.92. The quantitative estimate of drug-likeness (QED) is 0.635. The lowest BCUT2D eigenvalue weighted by molar-refractivity contribution is -0.139. The first kappa shape index (κ1) is 12.2. The van der Waals surface area contributed by atoms with Crippen molar-refractivity contribution in [2.45, 2.75) is 6.42 Å². The van der Waals surface area contributed by atoms with E-state index < -0.39 is 5.97 Å². The molecule has 0 fully saturated rings. The van der Waals surface area contributed by atoms with Crippen molar-refractivity contribution >= 4 is 39.8 Å². The van der Waals surface area contributed by atoms with E-state index in [0.717, 1.165) is 0 Å². The average molecular weight is 292 g/mol. The van der Waals surface area contributed by atoms with Gasteiger partial charge in [-0.3, -0.25) is 9.59 Å². The van der Waals surface area contributed by atoms with Crippen LogP contribution in [0.1, 0.15) is 15.9 Å². The van der Waals surface area contributed by atoms with Gasteiger partial charge in [-0.2, -0.15) is 0 Å². The predicted molar refractivity (Wildman–Crippen MR) is 60.3 cm³/mol. The number of methoxy groups -OCH3 is 1. The van der Waals surface area contributed by atoms with E-state index in [9.17, 15) is 9.59 Å². The minimum atomic E-state index is -0.402. The Balaban J connectivity index is 3.15. The maximum Gasteiger partial charge on any atom is 0.310 e. The zero-order valence-corrected chi connectivity index (χ0v) is 10.3. The molecule has 0 amide bonds. The summed E-state index contributed by atoms with van der Waals surface area (Å²) in [6.45, 7) is 0. The molecule has 80 valence electrons. The number of esters is 1. The van der Waals surface area contributed by atoms with Crippen LogP contribution in [0.4, 0.5) is 0 Å².